The molecule has 0 unspecified atom stereocenters. The van der Waals surface area contributed by atoms with Gasteiger partial charge in [-0.05, 0) is 36.8 Å². The Bertz CT molecular complexity index is 1090. The molecule has 0 fully saturated rings. The maximum atomic E-state index is 12.9. The molecule has 0 atom stereocenters. The molecule has 0 aliphatic heterocycles. The number of nitrogens with one attached hydrogen (secondary N) is 1. The molecule has 0 radical (unpaired) electrons. The molecule has 3 aromatic heterocycles. The first-order chi connectivity index (χ1) is 13.1. The molecule has 27 heavy (non-hydrogen) atoms. The third-order valence-corrected chi connectivity index (χ3v) is 6.50. The SMILES string of the molecule is Cc1nc(-c2ccc(Cl)s2)sc1C(=O)Nc1ccccc1Cn1cccn1. The van der Waals surface area contributed by atoms with E-state index in [0.717, 1.165) is 21.1 Å². The molecule has 3 heterocycles. The quantitative estimate of drug-likeness (QED) is 0.480. The maximum absolute atomic E-state index is 12.9. The van der Waals surface area contributed by atoms with Gasteiger partial charge in [-0.3, -0.25) is 9.48 Å². The summed E-state index contributed by atoms with van der Waals surface area (Å²) in [5.74, 6) is -0.160. The van der Waals surface area contributed by atoms with Crippen molar-refractivity contribution >= 4 is 45.9 Å². The lowest BCUT2D eigenvalue weighted by Crippen LogP contribution is -2.14. The molecule has 0 saturated heterocycles. The molecule has 136 valence electrons. The lowest BCUT2D eigenvalue weighted by molar-refractivity contribution is 0.102. The van der Waals surface area contributed by atoms with Crippen LogP contribution in [0.15, 0.2) is 54.9 Å². The van der Waals surface area contributed by atoms with Gasteiger partial charge in [-0.25, -0.2) is 4.98 Å². The highest BCUT2D eigenvalue weighted by Crippen LogP contribution is 2.35. The predicted molar refractivity (Wildman–Crippen MR) is 111 cm³/mol. The molecule has 0 saturated carbocycles. The second kappa shape index (κ2) is 7.64. The Morgan fingerprint density at radius 2 is 2.04 bits per heavy atom. The molecular formula is C19H15ClN4OS2. The first-order valence-corrected chi connectivity index (χ1v) is 10.2. The summed E-state index contributed by atoms with van der Waals surface area (Å²) in [6.45, 7) is 2.43. The normalized spacial score (nSPS) is 10.9. The highest BCUT2D eigenvalue weighted by Gasteiger charge is 2.18. The number of rotatable bonds is 5. The van der Waals surface area contributed by atoms with Crippen molar-refractivity contribution < 1.29 is 4.79 Å². The van der Waals surface area contributed by atoms with Gasteiger partial charge in [-0.15, -0.1) is 22.7 Å². The van der Waals surface area contributed by atoms with Crippen LogP contribution in [0.5, 0.6) is 0 Å². The zero-order valence-electron chi connectivity index (χ0n) is 14.3. The van der Waals surface area contributed by atoms with Gasteiger partial charge < -0.3 is 5.32 Å². The van der Waals surface area contributed by atoms with Crippen LogP contribution < -0.4 is 5.32 Å². The van der Waals surface area contributed by atoms with E-state index in [1.54, 1.807) is 6.20 Å². The maximum Gasteiger partial charge on any atom is 0.267 e. The van der Waals surface area contributed by atoms with Crippen LogP contribution in [0.1, 0.15) is 20.9 Å². The number of hydrogen-bond donors (Lipinski definition) is 1. The summed E-state index contributed by atoms with van der Waals surface area (Å²) >= 11 is 8.84. The van der Waals surface area contributed by atoms with E-state index in [-0.39, 0.29) is 5.91 Å². The van der Waals surface area contributed by atoms with Crippen molar-refractivity contribution in [2.75, 3.05) is 5.32 Å². The van der Waals surface area contributed by atoms with E-state index in [4.69, 9.17) is 11.6 Å². The number of para-hydroxylation sites is 1. The third-order valence-electron chi connectivity index (χ3n) is 3.94. The molecular weight excluding hydrogens is 400 g/mol. The van der Waals surface area contributed by atoms with Gasteiger partial charge >= 0.3 is 0 Å². The minimum Gasteiger partial charge on any atom is -0.321 e. The van der Waals surface area contributed by atoms with Crippen LogP contribution in [0.3, 0.4) is 0 Å². The number of aromatic nitrogens is 3. The fraction of sp³-hybridized carbons (Fsp3) is 0.105. The molecule has 1 aromatic carbocycles. The Balaban J connectivity index is 1.57. The summed E-state index contributed by atoms with van der Waals surface area (Å²) in [4.78, 5) is 19.0. The minimum atomic E-state index is -0.160. The number of nitrogens with zero attached hydrogens (tertiary/aromatic N) is 3. The number of anilines is 1. The summed E-state index contributed by atoms with van der Waals surface area (Å²) in [7, 11) is 0. The summed E-state index contributed by atoms with van der Waals surface area (Å²) in [5.41, 5.74) is 2.47. The number of carbonyl (C=O) groups excluding carboxylic acids is 1. The fourth-order valence-corrected chi connectivity index (χ4v) is 4.73. The Labute approximate surface area is 169 Å². The minimum absolute atomic E-state index is 0.160. The molecule has 0 bridgehead atoms. The number of thiazole rings is 1. The van der Waals surface area contributed by atoms with Gasteiger partial charge in [-0.1, -0.05) is 29.8 Å². The summed E-state index contributed by atoms with van der Waals surface area (Å²) < 4.78 is 2.53. The van der Waals surface area contributed by atoms with E-state index in [1.807, 2.05) is 60.3 Å². The fourth-order valence-electron chi connectivity index (χ4n) is 2.67. The highest BCUT2D eigenvalue weighted by atomic mass is 35.5. The number of halogens is 1. The van der Waals surface area contributed by atoms with E-state index in [1.165, 1.54) is 22.7 Å². The highest BCUT2D eigenvalue weighted by molar-refractivity contribution is 7.24. The van der Waals surface area contributed by atoms with Crippen LogP contribution >= 0.6 is 34.3 Å². The zero-order valence-corrected chi connectivity index (χ0v) is 16.7. The van der Waals surface area contributed by atoms with E-state index in [0.29, 0.717) is 21.5 Å². The standard InChI is InChI=1S/C19H15ClN4OS2/c1-12-17(27-19(22-12)15-7-8-16(20)26-15)18(25)23-14-6-3-2-5-13(14)11-24-10-4-9-21-24/h2-10H,11H2,1H3,(H,23,25). The van der Waals surface area contributed by atoms with Crippen molar-refractivity contribution in [3.05, 3.63) is 75.3 Å². The van der Waals surface area contributed by atoms with Crippen LogP contribution in [-0.2, 0) is 6.54 Å². The first-order valence-electron chi connectivity index (χ1n) is 8.20. The molecule has 5 nitrogen and oxygen atoms in total. The van der Waals surface area contributed by atoms with Gasteiger partial charge in [0, 0.05) is 18.1 Å². The average molecular weight is 415 g/mol. The number of amides is 1. The number of benzene rings is 1. The van der Waals surface area contributed by atoms with E-state index in [9.17, 15) is 4.79 Å². The van der Waals surface area contributed by atoms with Gasteiger partial charge in [0.05, 0.1) is 21.5 Å². The molecule has 4 rings (SSSR count). The lowest BCUT2D eigenvalue weighted by Gasteiger charge is -2.10. The molecule has 0 spiro atoms. The molecule has 0 aliphatic carbocycles. The Hall–Kier alpha value is -2.48. The lowest BCUT2D eigenvalue weighted by atomic mass is 10.1. The van der Waals surface area contributed by atoms with E-state index in [2.05, 4.69) is 15.4 Å². The van der Waals surface area contributed by atoms with Crippen molar-refractivity contribution in [3.8, 4) is 9.88 Å². The second-order valence-electron chi connectivity index (χ2n) is 5.85. The number of thiophene rings is 1. The Morgan fingerprint density at radius 1 is 1.19 bits per heavy atom. The zero-order chi connectivity index (χ0) is 18.8. The average Bonchev–Trinajstić information content (AvgIpc) is 3.38. The van der Waals surface area contributed by atoms with Crippen LogP contribution in [-0.4, -0.2) is 20.7 Å². The van der Waals surface area contributed by atoms with Crippen molar-refractivity contribution in [1.82, 2.24) is 14.8 Å². The van der Waals surface area contributed by atoms with Gasteiger partial charge in [0.2, 0.25) is 0 Å². The summed E-state index contributed by atoms with van der Waals surface area (Å²) in [6, 6.07) is 13.4. The van der Waals surface area contributed by atoms with Crippen molar-refractivity contribution in [2.24, 2.45) is 0 Å². The number of aryl methyl sites for hydroxylation is 1. The summed E-state index contributed by atoms with van der Waals surface area (Å²) in [5, 5.41) is 8.05. The number of carbonyl (C=O) groups is 1. The largest absolute Gasteiger partial charge is 0.321 e. The van der Waals surface area contributed by atoms with Crippen molar-refractivity contribution in [3.63, 3.8) is 0 Å². The monoisotopic (exact) mass is 414 g/mol. The molecule has 4 aromatic rings. The van der Waals surface area contributed by atoms with E-state index >= 15 is 0 Å². The first kappa shape index (κ1) is 17.9. The molecule has 1 N–H and O–H groups in total. The third kappa shape index (κ3) is 3.95. The number of hydrogen-bond acceptors (Lipinski definition) is 5. The smallest absolute Gasteiger partial charge is 0.267 e. The molecule has 0 aliphatic rings. The van der Waals surface area contributed by atoms with Crippen LogP contribution in [0, 0.1) is 6.92 Å². The second-order valence-corrected chi connectivity index (χ2v) is 8.57. The van der Waals surface area contributed by atoms with Gasteiger partial charge in [-0.2, -0.15) is 5.10 Å². The van der Waals surface area contributed by atoms with Crippen LogP contribution in [0.4, 0.5) is 5.69 Å². The van der Waals surface area contributed by atoms with Crippen molar-refractivity contribution in [1.29, 1.82) is 0 Å². The summed E-state index contributed by atoms with van der Waals surface area (Å²) in [6.07, 6.45) is 3.63. The van der Waals surface area contributed by atoms with E-state index < -0.39 is 0 Å². The van der Waals surface area contributed by atoms with Crippen molar-refractivity contribution in [2.45, 2.75) is 13.5 Å². The predicted octanol–water partition coefficient (Wildman–Crippen LogP) is 5.33. The molecule has 1 amide bonds. The van der Waals surface area contributed by atoms with Gasteiger partial charge in [0.1, 0.15) is 9.88 Å². The van der Waals surface area contributed by atoms with Gasteiger partial charge in [0.25, 0.3) is 5.91 Å². The van der Waals surface area contributed by atoms with Gasteiger partial charge in [0.15, 0.2) is 0 Å². The Kier molecular flexibility index (Phi) is 5.07. The van der Waals surface area contributed by atoms with Crippen LogP contribution in [0.2, 0.25) is 4.34 Å². The molecule has 8 heteroatoms. The Morgan fingerprint density at radius 3 is 2.78 bits per heavy atom. The topological polar surface area (TPSA) is 59.8 Å². The van der Waals surface area contributed by atoms with Crippen LogP contribution in [0.25, 0.3) is 9.88 Å².